The van der Waals surface area contributed by atoms with Crippen LogP contribution in [-0.2, 0) is 15.7 Å². The summed E-state index contributed by atoms with van der Waals surface area (Å²) in [7, 11) is 0. The van der Waals surface area contributed by atoms with Crippen LogP contribution in [0.1, 0.15) is 50.7 Å². The molecule has 1 heterocycles. The summed E-state index contributed by atoms with van der Waals surface area (Å²) >= 11 is 0. The SMILES string of the molecule is CC(C)(C)OC(=O)N1CCN(c2ccc(C(CC(=O)O)CC(O)O)cc2C(F)(F)F)CC1. The Morgan fingerprint density at radius 2 is 1.69 bits per heavy atom. The number of anilines is 1. The Morgan fingerprint density at radius 3 is 2.16 bits per heavy atom. The Balaban J connectivity index is 2.25. The molecule has 11 heteroatoms. The number of carboxylic acid groups (broad SMARTS) is 1. The van der Waals surface area contributed by atoms with Gasteiger partial charge in [-0.25, -0.2) is 4.79 Å². The first-order valence-corrected chi connectivity index (χ1v) is 10.2. The van der Waals surface area contributed by atoms with Crippen LogP contribution in [0.3, 0.4) is 0 Å². The van der Waals surface area contributed by atoms with Gasteiger partial charge in [0.2, 0.25) is 0 Å². The lowest BCUT2D eigenvalue weighted by atomic mass is 9.90. The topological polar surface area (TPSA) is 111 Å². The number of carboxylic acids is 1. The highest BCUT2D eigenvalue weighted by Gasteiger charge is 2.37. The van der Waals surface area contributed by atoms with E-state index in [1.165, 1.54) is 21.9 Å². The van der Waals surface area contributed by atoms with Crippen molar-refractivity contribution in [2.45, 2.75) is 57.6 Å². The zero-order chi connectivity index (χ0) is 24.3. The molecule has 32 heavy (non-hydrogen) atoms. The Labute approximate surface area is 184 Å². The normalized spacial score (nSPS) is 16.3. The molecule has 0 aliphatic carbocycles. The van der Waals surface area contributed by atoms with Gasteiger partial charge in [0.15, 0.2) is 6.29 Å². The van der Waals surface area contributed by atoms with Crippen molar-refractivity contribution in [2.75, 3.05) is 31.1 Å². The van der Waals surface area contributed by atoms with E-state index in [9.17, 15) is 33.0 Å². The highest BCUT2D eigenvalue weighted by molar-refractivity contribution is 5.69. The molecule has 1 aliphatic rings. The molecule has 1 aromatic rings. The number of piperazine rings is 1. The van der Waals surface area contributed by atoms with Gasteiger partial charge >= 0.3 is 18.2 Å². The van der Waals surface area contributed by atoms with Crippen molar-refractivity contribution in [2.24, 2.45) is 0 Å². The smallest absolute Gasteiger partial charge is 0.418 e. The number of hydrogen-bond acceptors (Lipinski definition) is 6. The maximum absolute atomic E-state index is 13.8. The van der Waals surface area contributed by atoms with Gasteiger partial charge < -0.3 is 29.9 Å². The van der Waals surface area contributed by atoms with Crippen LogP contribution >= 0.6 is 0 Å². The van der Waals surface area contributed by atoms with Crippen LogP contribution in [0.4, 0.5) is 23.7 Å². The van der Waals surface area contributed by atoms with E-state index in [-0.39, 0.29) is 37.4 Å². The van der Waals surface area contributed by atoms with E-state index in [4.69, 9.17) is 9.84 Å². The molecule has 1 aliphatic heterocycles. The number of aliphatic hydroxyl groups is 2. The number of hydrogen-bond donors (Lipinski definition) is 3. The molecule has 180 valence electrons. The van der Waals surface area contributed by atoms with E-state index in [1.807, 2.05) is 0 Å². The molecule has 0 saturated carbocycles. The molecule has 1 fully saturated rings. The number of benzene rings is 1. The predicted octanol–water partition coefficient (Wildman–Crippen LogP) is 3.02. The van der Waals surface area contributed by atoms with Crippen LogP contribution in [0.2, 0.25) is 0 Å². The van der Waals surface area contributed by atoms with Crippen molar-refractivity contribution in [1.82, 2.24) is 4.90 Å². The second-order valence-electron chi connectivity index (χ2n) is 8.74. The minimum Gasteiger partial charge on any atom is -0.481 e. The molecule has 1 atom stereocenters. The van der Waals surface area contributed by atoms with E-state index >= 15 is 0 Å². The molecule has 0 aromatic heterocycles. The Hall–Kier alpha value is -2.53. The Morgan fingerprint density at radius 1 is 1.09 bits per heavy atom. The average Bonchev–Trinajstić information content (AvgIpc) is 2.64. The summed E-state index contributed by atoms with van der Waals surface area (Å²) in [5.74, 6) is -2.25. The molecule has 0 radical (unpaired) electrons. The van der Waals surface area contributed by atoms with Gasteiger partial charge in [0.1, 0.15) is 5.60 Å². The van der Waals surface area contributed by atoms with Crippen LogP contribution < -0.4 is 4.90 Å². The van der Waals surface area contributed by atoms with Crippen molar-refractivity contribution < 1.29 is 42.8 Å². The minimum atomic E-state index is -4.71. The van der Waals surface area contributed by atoms with Gasteiger partial charge in [-0.05, 0) is 44.4 Å². The molecular weight excluding hydrogens is 433 g/mol. The first-order valence-electron chi connectivity index (χ1n) is 10.2. The maximum atomic E-state index is 13.8. The van der Waals surface area contributed by atoms with Crippen molar-refractivity contribution in [3.05, 3.63) is 29.3 Å². The third-order valence-corrected chi connectivity index (χ3v) is 4.99. The molecule has 0 bridgehead atoms. The molecule has 1 unspecified atom stereocenters. The predicted molar refractivity (Wildman–Crippen MR) is 109 cm³/mol. The number of nitrogens with zero attached hydrogens (tertiary/aromatic N) is 2. The molecule has 1 amide bonds. The fourth-order valence-corrected chi connectivity index (χ4v) is 3.57. The lowest BCUT2D eigenvalue weighted by Crippen LogP contribution is -2.50. The molecule has 3 N–H and O–H groups in total. The van der Waals surface area contributed by atoms with Crippen molar-refractivity contribution in [1.29, 1.82) is 0 Å². The van der Waals surface area contributed by atoms with Crippen molar-refractivity contribution in [3.63, 3.8) is 0 Å². The summed E-state index contributed by atoms with van der Waals surface area (Å²) in [4.78, 5) is 26.2. The summed E-state index contributed by atoms with van der Waals surface area (Å²) in [6, 6.07) is 3.51. The number of carbonyl (C=O) groups is 2. The van der Waals surface area contributed by atoms with Crippen LogP contribution in [0.5, 0.6) is 0 Å². The second kappa shape index (κ2) is 9.95. The molecule has 8 nitrogen and oxygen atoms in total. The number of amides is 1. The lowest BCUT2D eigenvalue weighted by Gasteiger charge is -2.37. The van der Waals surface area contributed by atoms with E-state index in [0.717, 1.165) is 6.07 Å². The number of alkyl halides is 3. The number of halogens is 3. The van der Waals surface area contributed by atoms with Crippen LogP contribution in [0.15, 0.2) is 18.2 Å². The highest BCUT2D eigenvalue weighted by Crippen LogP contribution is 2.40. The standard InChI is InChI=1S/C21H29F3N2O6/c1-20(2,3)32-19(31)26-8-6-25(7-9-26)16-5-4-13(10-15(16)21(22,23)24)14(11-17(27)28)12-18(29)30/h4-5,10,14,17,27-28H,6-9,11-12H2,1-3H3,(H,29,30). The van der Waals surface area contributed by atoms with E-state index in [2.05, 4.69) is 0 Å². The van der Waals surface area contributed by atoms with Gasteiger partial charge in [0, 0.05) is 38.3 Å². The van der Waals surface area contributed by atoms with Gasteiger partial charge in [-0.3, -0.25) is 4.79 Å². The fraction of sp³-hybridized carbons (Fsp3) is 0.619. The quantitative estimate of drug-likeness (QED) is 0.558. The third-order valence-electron chi connectivity index (χ3n) is 4.99. The maximum Gasteiger partial charge on any atom is 0.418 e. The van der Waals surface area contributed by atoms with Gasteiger partial charge in [0.05, 0.1) is 12.0 Å². The molecule has 1 aromatic carbocycles. The first kappa shape index (κ1) is 25.7. The van der Waals surface area contributed by atoms with Gasteiger partial charge in [0.25, 0.3) is 0 Å². The number of aliphatic carboxylic acids is 1. The third kappa shape index (κ3) is 7.27. The molecular formula is C21H29F3N2O6. The van der Waals surface area contributed by atoms with Gasteiger partial charge in [-0.15, -0.1) is 0 Å². The van der Waals surface area contributed by atoms with Gasteiger partial charge in [-0.2, -0.15) is 13.2 Å². The van der Waals surface area contributed by atoms with Crippen molar-refractivity contribution in [3.8, 4) is 0 Å². The summed E-state index contributed by atoms with van der Waals surface area (Å²) < 4.78 is 46.8. The van der Waals surface area contributed by atoms with E-state index in [1.54, 1.807) is 20.8 Å². The van der Waals surface area contributed by atoms with Crippen molar-refractivity contribution >= 4 is 17.7 Å². The fourth-order valence-electron chi connectivity index (χ4n) is 3.57. The Kier molecular flexibility index (Phi) is 8.00. The average molecular weight is 462 g/mol. The molecule has 2 rings (SSSR count). The second-order valence-corrected chi connectivity index (χ2v) is 8.74. The number of rotatable bonds is 6. The zero-order valence-corrected chi connectivity index (χ0v) is 18.2. The highest BCUT2D eigenvalue weighted by atomic mass is 19.4. The molecule has 1 saturated heterocycles. The summed E-state index contributed by atoms with van der Waals surface area (Å²) in [5.41, 5.74) is -1.64. The number of ether oxygens (including phenoxy) is 1. The van der Waals surface area contributed by atoms with Crippen LogP contribution in [-0.4, -0.2) is 70.4 Å². The monoisotopic (exact) mass is 462 g/mol. The number of aliphatic hydroxyl groups excluding tert-OH is 1. The van der Waals surface area contributed by atoms with Gasteiger partial charge in [-0.1, -0.05) is 6.07 Å². The Bertz CT molecular complexity index is 815. The largest absolute Gasteiger partial charge is 0.481 e. The van der Waals surface area contributed by atoms with Crippen LogP contribution in [0, 0.1) is 0 Å². The number of carbonyl (C=O) groups excluding carboxylic acids is 1. The first-order chi connectivity index (χ1) is 14.7. The van der Waals surface area contributed by atoms with E-state index < -0.39 is 54.5 Å². The molecule has 0 spiro atoms. The summed E-state index contributed by atoms with van der Waals surface area (Å²) in [6.45, 7) is 5.88. The lowest BCUT2D eigenvalue weighted by molar-refractivity contribution is -0.138. The minimum absolute atomic E-state index is 0.0592. The summed E-state index contributed by atoms with van der Waals surface area (Å²) in [6.07, 6.45) is -8.03. The van der Waals surface area contributed by atoms with Crippen LogP contribution in [0.25, 0.3) is 0 Å². The zero-order valence-electron chi connectivity index (χ0n) is 18.2. The van der Waals surface area contributed by atoms with E-state index in [0.29, 0.717) is 0 Å². The summed E-state index contributed by atoms with van der Waals surface area (Å²) in [5, 5.41) is 27.5.